The molecule has 0 amide bonds. The molecule has 0 aliphatic rings. The molecule has 3 nitrogen and oxygen atoms in total. The predicted octanol–water partition coefficient (Wildman–Crippen LogP) is 2.79. The topological polar surface area (TPSA) is 28.4 Å². The van der Waals surface area contributed by atoms with Crippen LogP contribution in [0.2, 0.25) is 0 Å². The predicted molar refractivity (Wildman–Crippen MR) is 79.8 cm³/mol. The van der Waals surface area contributed by atoms with Crippen LogP contribution in [-0.2, 0) is 13.1 Å². The molecule has 0 atom stereocenters. The lowest BCUT2D eigenvalue weighted by Gasteiger charge is -2.16. The van der Waals surface area contributed by atoms with E-state index in [1.165, 1.54) is 5.56 Å². The molecule has 0 radical (unpaired) electrons. The Kier molecular flexibility index (Phi) is 6.69. The zero-order valence-electron chi connectivity index (χ0n) is 12.6. The van der Waals surface area contributed by atoms with Gasteiger partial charge in [-0.25, -0.2) is 0 Å². The molecule has 0 bridgehead atoms. The number of hydrogen-bond acceptors (Lipinski definition) is 3. The van der Waals surface area contributed by atoms with E-state index in [9.17, 15) is 0 Å². The third-order valence-electron chi connectivity index (χ3n) is 3.08. The van der Waals surface area contributed by atoms with Crippen molar-refractivity contribution in [3.05, 3.63) is 23.2 Å². The van der Waals surface area contributed by atoms with Gasteiger partial charge in [0, 0.05) is 12.1 Å². The summed E-state index contributed by atoms with van der Waals surface area (Å²) in [7, 11) is 0. The van der Waals surface area contributed by atoms with E-state index in [1.54, 1.807) is 0 Å². The van der Waals surface area contributed by atoms with Gasteiger partial charge in [0.05, 0.1) is 13.1 Å². The van der Waals surface area contributed by atoms with Gasteiger partial charge in [-0.05, 0) is 32.0 Å². The minimum atomic E-state index is 0.654. The highest BCUT2D eigenvalue weighted by Gasteiger charge is 2.10. The molecular weight excluding hydrogens is 236 g/mol. The summed E-state index contributed by atoms with van der Waals surface area (Å²) in [6, 6.07) is 2.14. The van der Waals surface area contributed by atoms with Gasteiger partial charge in [0.2, 0.25) is 0 Å². The van der Waals surface area contributed by atoms with Crippen molar-refractivity contribution in [3.63, 3.8) is 0 Å². The Bertz CT molecular complexity index is 415. The van der Waals surface area contributed by atoms with E-state index in [2.05, 4.69) is 43.0 Å². The quantitative estimate of drug-likeness (QED) is 0.730. The highest BCUT2D eigenvalue weighted by atomic mass is 16.3. The molecule has 0 aliphatic carbocycles. The van der Waals surface area contributed by atoms with E-state index in [0.717, 1.165) is 37.7 Å². The summed E-state index contributed by atoms with van der Waals surface area (Å²) < 4.78 is 5.78. The lowest BCUT2D eigenvalue weighted by molar-refractivity contribution is 0.313. The van der Waals surface area contributed by atoms with Gasteiger partial charge in [0.15, 0.2) is 0 Å². The van der Waals surface area contributed by atoms with Crippen molar-refractivity contribution >= 4 is 0 Å². The number of furan rings is 1. The van der Waals surface area contributed by atoms with Crippen LogP contribution in [0.1, 0.15) is 37.9 Å². The summed E-state index contributed by atoms with van der Waals surface area (Å²) in [6.07, 6.45) is 5.37. The highest BCUT2D eigenvalue weighted by Crippen LogP contribution is 2.16. The van der Waals surface area contributed by atoms with E-state index >= 15 is 0 Å². The monoisotopic (exact) mass is 262 g/mol. The van der Waals surface area contributed by atoms with Crippen molar-refractivity contribution in [2.75, 3.05) is 19.6 Å². The number of terminal acetylenes is 1. The summed E-state index contributed by atoms with van der Waals surface area (Å²) in [5.41, 5.74) is 1.23. The third-order valence-corrected chi connectivity index (χ3v) is 3.08. The molecule has 3 heteroatoms. The molecule has 0 aromatic carbocycles. The Morgan fingerprint density at radius 2 is 2.21 bits per heavy atom. The summed E-state index contributed by atoms with van der Waals surface area (Å²) in [6.45, 7) is 12.8. The number of nitrogens with zero attached hydrogens (tertiary/aromatic N) is 1. The minimum absolute atomic E-state index is 0.654. The van der Waals surface area contributed by atoms with E-state index in [-0.39, 0.29) is 0 Å². The zero-order chi connectivity index (χ0) is 14.3. The van der Waals surface area contributed by atoms with E-state index < -0.39 is 0 Å². The number of hydrogen-bond donors (Lipinski definition) is 1. The van der Waals surface area contributed by atoms with Crippen LogP contribution in [0, 0.1) is 25.2 Å². The molecule has 0 unspecified atom stereocenters. The maximum Gasteiger partial charge on any atom is 0.118 e. The summed E-state index contributed by atoms with van der Waals surface area (Å²) in [4.78, 5) is 2.23. The highest BCUT2D eigenvalue weighted by molar-refractivity contribution is 5.21. The van der Waals surface area contributed by atoms with Crippen LogP contribution >= 0.6 is 0 Å². The first-order chi connectivity index (χ1) is 9.06. The molecule has 0 spiro atoms. The zero-order valence-corrected chi connectivity index (χ0v) is 12.6. The Morgan fingerprint density at radius 1 is 1.47 bits per heavy atom. The van der Waals surface area contributed by atoms with E-state index in [0.29, 0.717) is 12.5 Å². The van der Waals surface area contributed by atoms with Gasteiger partial charge in [0.1, 0.15) is 11.5 Å². The second kappa shape index (κ2) is 8.04. The van der Waals surface area contributed by atoms with Crippen LogP contribution in [0.4, 0.5) is 0 Å². The number of nitrogens with one attached hydrogen (secondary N) is 1. The van der Waals surface area contributed by atoms with Crippen LogP contribution < -0.4 is 5.32 Å². The maximum atomic E-state index is 5.78. The van der Waals surface area contributed by atoms with Gasteiger partial charge in [-0.15, -0.1) is 6.42 Å². The standard InChI is InChI=1S/C16H26N2O/c1-6-8-18(7-2)12-15-9-16(19-14(15)5)11-17-10-13(3)4/h1,9,13,17H,7-8,10-12H2,2-5H3. The lowest BCUT2D eigenvalue weighted by Crippen LogP contribution is -2.23. The first-order valence-electron chi connectivity index (χ1n) is 7.01. The normalized spacial score (nSPS) is 11.2. The first kappa shape index (κ1) is 15.8. The third kappa shape index (κ3) is 5.50. The van der Waals surface area contributed by atoms with Crippen molar-refractivity contribution in [1.29, 1.82) is 0 Å². The molecule has 0 fully saturated rings. The lowest BCUT2D eigenvalue weighted by atomic mass is 10.2. The molecule has 1 aromatic heterocycles. The van der Waals surface area contributed by atoms with E-state index in [1.807, 2.05) is 6.92 Å². The molecule has 1 aromatic rings. The summed E-state index contributed by atoms with van der Waals surface area (Å²) in [5, 5.41) is 3.39. The molecule has 106 valence electrons. The molecule has 0 saturated heterocycles. The Balaban J connectivity index is 2.56. The Morgan fingerprint density at radius 3 is 2.79 bits per heavy atom. The second-order valence-corrected chi connectivity index (χ2v) is 5.33. The van der Waals surface area contributed by atoms with Gasteiger partial charge in [-0.3, -0.25) is 4.90 Å². The number of rotatable bonds is 8. The molecular formula is C16H26N2O. The fourth-order valence-corrected chi connectivity index (χ4v) is 1.97. The van der Waals surface area contributed by atoms with Crippen LogP contribution in [0.25, 0.3) is 0 Å². The maximum absolute atomic E-state index is 5.78. The van der Waals surface area contributed by atoms with Crippen LogP contribution in [0.15, 0.2) is 10.5 Å². The van der Waals surface area contributed by atoms with Crippen molar-refractivity contribution in [3.8, 4) is 12.3 Å². The van der Waals surface area contributed by atoms with Gasteiger partial charge >= 0.3 is 0 Å². The Hall–Kier alpha value is -1.24. The summed E-state index contributed by atoms with van der Waals surface area (Å²) >= 11 is 0. The SMILES string of the molecule is C#CCN(CC)Cc1cc(CNCC(C)C)oc1C. The van der Waals surface area contributed by atoms with E-state index in [4.69, 9.17) is 10.8 Å². The van der Waals surface area contributed by atoms with Crippen LogP contribution in [-0.4, -0.2) is 24.5 Å². The summed E-state index contributed by atoms with van der Waals surface area (Å²) in [5.74, 6) is 5.35. The van der Waals surface area contributed by atoms with Crippen molar-refractivity contribution in [2.45, 2.75) is 40.8 Å². The Labute approximate surface area is 117 Å². The largest absolute Gasteiger partial charge is 0.465 e. The minimum Gasteiger partial charge on any atom is -0.465 e. The molecule has 1 rings (SSSR count). The smallest absolute Gasteiger partial charge is 0.118 e. The number of aryl methyl sites for hydroxylation is 1. The first-order valence-corrected chi connectivity index (χ1v) is 7.01. The van der Waals surface area contributed by atoms with Crippen molar-refractivity contribution in [1.82, 2.24) is 10.2 Å². The van der Waals surface area contributed by atoms with Gasteiger partial charge < -0.3 is 9.73 Å². The average molecular weight is 262 g/mol. The molecule has 19 heavy (non-hydrogen) atoms. The molecule has 0 aliphatic heterocycles. The molecule has 1 heterocycles. The van der Waals surface area contributed by atoms with Crippen molar-refractivity contribution in [2.24, 2.45) is 5.92 Å². The fourth-order valence-electron chi connectivity index (χ4n) is 1.97. The molecule has 0 saturated carbocycles. The van der Waals surface area contributed by atoms with Gasteiger partial charge in [-0.2, -0.15) is 0 Å². The molecule has 1 N–H and O–H groups in total. The van der Waals surface area contributed by atoms with Crippen LogP contribution in [0.5, 0.6) is 0 Å². The van der Waals surface area contributed by atoms with Gasteiger partial charge in [-0.1, -0.05) is 26.7 Å². The average Bonchev–Trinajstić information content (AvgIpc) is 2.69. The van der Waals surface area contributed by atoms with Crippen LogP contribution in [0.3, 0.4) is 0 Å². The second-order valence-electron chi connectivity index (χ2n) is 5.33. The fraction of sp³-hybridized carbons (Fsp3) is 0.625. The van der Waals surface area contributed by atoms with Gasteiger partial charge in [0.25, 0.3) is 0 Å². The van der Waals surface area contributed by atoms with Crippen molar-refractivity contribution < 1.29 is 4.42 Å².